The van der Waals surface area contributed by atoms with Crippen LogP contribution in [0.4, 0.5) is 8.78 Å². The molecule has 5 heteroatoms. The van der Waals surface area contributed by atoms with E-state index in [2.05, 4.69) is 5.32 Å². The second-order valence-corrected chi connectivity index (χ2v) is 4.63. The average molecular weight is 291 g/mol. The summed E-state index contributed by atoms with van der Waals surface area (Å²) in [7, 11) is 0. The summed E-state index contributed by atoms with van der Waals surface area (Å²) in [6, 6.07) is 10.1. The molecule has 110 valence electrons. The molecule has 0 bridgehead atoms. The highest BCUT2D eigenvalue weighted by Crippen LogP contribution is 2.11. The summed E-state index contributed by atoms with van der Waals surface area (Å²) in [6.45, 7) is 0.666. The van der Waals surface area contributed by atoms with E-state index in [0.29, 0.717) is 18.5 Å². The van der Waals surface area contributed by atoms with Gasteiger partial charge in [0.25, 0.3) is 0 Å². The molecular weight excluding hydrogens is 276 g/mol. The van der Waals surface area contributed by atoms with Crippen molar-refractivity contribution in [2.45, 2.75) is 13.0 Å². The minimum atomic E-state index is -1.09. The van der Waals surface area contributed by atoms with Crippen LogP contribution in [0.1, 0.15) is 21.5 Å². The molecule has 0 spiro atoms. The van der Waals surface area contributed by atoms with Gasteiger partial charge in [-0.2, -0.15) is 0 Å². The molecule has 0 aliphatic rings. The molecule has 0 saturated carbocycles. The minimum Gasteiger partial charge on any atom is -0.478 e. The van der Waals surface area contributed by atoms with Crippen molar-refractivity contribution in [3.05, 3.63) is 70.8 Å². The smallest absolute Gasteiger partial charge is 0.335 e. The third kappa shape index (κ3) is 4.10. The van der Waals surface area contributed by atoms with Crippen LogP contribution in [0.25, 0.3) is 0 Å². The normalized spacial score (nSPS) is 10.6. The summed E-state index contributed by atoms with van der Waals surface area (Å²) < 4.78 is 26.9. The summed E-state index contributed by atoms with van der Waals surface area (Å²) in [6.07, 6.45) is 0.479. The van der Waals surface area contributed by atoms with Crippen molar-refractivity contribution in [3.8, 4) is 0 Å². The number of hydrogen-bond acceptors (Lipinski definition) is 2. The zero-order valence-corrected chi connectivity index (χ0v) is 11.3. The molecule has 0 fully saturated rings. The summed E-state index contributed by atoms with van der Waals surface area (Å²) in [4.78, 5) is 10.8. The number of hydrogen-bond donors (Lipinski definition) is 2. The predicted octanol–water partition coefficient (Wildman–Crippen LogP) is 3.00. The van der Waals surface area contributed by atoms with Crippen molar-refractivity contribution in [1.82, 2.24) is 5.32 Å². The second-order valence-electron chi connectivity index (χ2n) is 4.63. The fourth-order valence-corrected chi connectivity index (χ4v) is 1.99. The standard InChI is InChI=1S/C16H15F2NO2/c17-14-4-2-1-3-11(14)7-8-19-10-13-9-12(16(20)21)5-6-15(13)18/h1-6,9,19H,7-8,10H2,(H,20,21). The van der Waals surface area contributed by atoms with Crippen LogP contribution in [0.2, 0.25) is 0 Å². The highest BCUT2D eigenvalue weighted by Gasteiger charge is 2.08. The molecule has 2 rings (SSSR count). The third-order valence-corrected chi connectivity index (χ3v) is 3.14. The Bertz CT molecular complexity index is 644. The number of aromatic carboxylic acids is 1. The molecule has 0 amide bonds. The van der Waals surface area contributed by atoms with Crippen LogP contribution >= 0.6 is 0 Å². The molecule has 0 atom stereocenters. The van der Waals surface area contributed by atoms with Crippen molar-refractivity contribution in [2.75, 3.05) is 6.54 Å². The van der Waals surface area contributed by atoms with E-state index in [4.69, 9.17) is 5.11 Å². The summed E-state index contributed by atoms with van der Waals surface area (Å²) in [5, 5.41) is 11.9. The lowest BCUT2D eigenvalue weighted by Crippen LogP contribution is -2.18. The molecule has 0 heterocycles. The molecule has 2 aromatic rings. The Morgan fingerprint density at radius 1 is 1.05 bits per heavy atom. The summed E-state index contributed by atoms with van der Waals surface area (Å²) in [5.74, 6) is -1.82. The Labute approximate surface area is 121 Å². The number of carbonyl (C=O) groups is 1. The molecule has 0 aliphatic heterocycles. The Morgan fingerprint density at radius 2 is 1.76 bits per heavy atom. The van der Waals surface area contributed by atoms with Crippen LogP contribution < -0.4 is 5.32 Å². The number of nitrogens with one attached hydrogen (secondary N) is 1. The number of carboxylic acids is 1. The van der Waals surface area contributed by atoms with Gasteiger partial charge in [-0.05, 0) is 42.8 Å². The van der Waals surface area contributed by atoms with E-state index in [1.165, 1.54) is 18.2 Å². The van der Waals surface area contributed by atoms with Crippen LogP contribution in [-0.4, -0.2) is 17.6 Å². The van der Waals surface area contributed by atoms with Crippen LogP contribution in [0.15, 0.2) is 42.5 Å². The fourth-order valence-electron chi connectivity index (χ4n) is 1.99. The van der Waals surface area contributed by atoms with Gasteiger partial charge in [-0.25, -0.2) is 13.6 Å². The van der Waals surface area contributed by atoms with E-state index in [1.807, 2.05) is 0 Å². The first-order chi connectivity index (χ1) is 10.1. The van der Waals surface area contributed by atoms with Crippen LogP contribution in [0.5, 0.6) is 0 Å². The van der Waals surface area contributed by atoms with E-state index in [-0.39, 0.29) is 23.5 Å². The zero-order chi connectivity index (χ0) is 15.2. The fraction of sp³-hybridized carbons (Fsp3) is 0.188. The minimum absolute atomic E-state index is 0.0438. The Hall–Kier alpha value is -2.27. The van der Waals surface area contributed by atoms with Crippen molar-refractivity contribution < 1.29 is 18.7 Å². The number of halogens is 2. The number of rotatable bonds is 6. The van der Waals surface area contributed by atoms with Crippen LogP contribution in [0, 0.1) is 11.6 Å². The van der Waals surface area contributed by atoms with Gasteiger partial charge >= 0.3 is 5.97 Å². The van der Waals surface area contributed by atoms with Crippen molar-refractivity contribution in [3.63, 3.8) is 0 Å². The van der Waals surface area contributed by atoms with Crippen molar-refractivity contribution in [2.24, 2.45) is 0 Å². The van der Waals surface area contributed by atoms with Gasteiger partial charge in [0.05, 0.1) is 5.56 Å². The zero-order valence-electron chi connectivity index (χ0n) is 11.3. The predicted molar refractivity (Wildman–Crippen MR) is 75.2 cm³/mol. The maximum Gasteiger partial charge on any atom is 0.335 e. The third-order valence-electron chi connectivity index (χ3n) is 3.14. The lowest BCUT2D eigenvalue weighted by Gasteiger charge is -2.07. The van der Waals surface area contributed by atoms with E-state index >= 15 is 0 Å². The first-order valence-corrected chi connectivity index (χ1v) is 6.54. The first-order valence-electron chi connectivity index (χ1n) is 6.54. The van der Waals surface area contributed by atoms with E-state index in [0.717, 1.165) is 6.07 Å². The molecule has 0 saturated heterocycles. The SMILES string of the molecule is O=C(O)c1ccc(F)c(CNCCc2ccccc2F)c1. The average Bonchev–Trinajstić information content (AvgIpc) is 2.46. The maximum atomic E-state index is 13.6. The van der Waals surface area contributed by atoms with Gasteiger partial charge in [0, 0.05) is 12.1 Å². The summed E-state index contributed by atoms with van der Waals surface area (Å²) >= 11 is 0. The van der Waals surface area contributed by atoms with E-state index < -0.39 is 11.8 Å². The van der Waals surface area contributed by atoms with Gasteiger partial charge < -0.3 is 10.4 Å². The lowest BCUT2D eigenvalue weighted by molar-refractivity contribution is 0.0696. The quantitative estimate of drug-likeness (QED) is 0.804. The van der Waals surface area contributed by atoms with Gasteiger partial charge in [-0.3, -0.25) is 0 Å². The molecule has 2 N–H and O–H groups in total. The van der Waals surface area contributed by atoms with E-state index in [9.17, 15) is 13.6 Å². The molecule has 0 radical (unpaired) electrons. The molecule has 0 unspecified atom stereocenters. The van der Waals surface area contributed by atoms with Crippen LogP contribution in [0.3, 0.4) is 0 Å². The molecular formula is C16H15F2NO2. The van der Waals surface area contributed by atoms with Crippen molar-refractivity contribution in [1.29, 1.82) is 0 Å². The highest BCUT2D eigenvalue weighted by atomic mass is 19.1. The van der Waals surface area contributed by atoms with Crippen molar-refractivity contribution >= 4 is 5.97 Å². The van der Waals surface area contributed by atoms with Crippen LogP contribution in [-0.2, 0) is 13.0 Å². The van der Waals surface area contributed by atoms with Gasteiger partial charge in [0.2, 0.25) is 0 Å². The molecule has 0 aromatic heterocycles. The highest BCUT2D eigenvalue weighted by molar-refractivity contribution is 5.87. The molecule has 3 nitrogen and oxygen atoms in total. The summed E-state index contributed by atoms with van der Waals surface area (Å²) in [5.41, 5.74) is 0.912. The number of carboxylic acid groups (broad SMARTS) is 1. The van der Waals surface area contributed by atoms with E-state index in [1.54, 1.807) is 18.2 Å². The van der Waals surface area contributed by atoms with Gasteiger partial charge in [0.15, 0.2) is 0 Å². The molecule has 2 aromatic carbocycles. The monoisotopic (exact) mass is 291 g/mol. The molecule has 0 aliphatic carbocycles. The Balaban J connectivity index is 1.90. The number of benzene rings is 2. The Kier molecular flexibility index (Phi) is 5.00. The Morgan fingerprint density at radius 3 is 2.48 bits per heavy atom. The maximum absolute atomic E-state index is 13.6. The largest absolute Gasteiger partial charge is 0.478 e. The van der Waals surface area contributed by atoms with Gasteiger partial charge in [-0.15, -0.1) is 0 Å². The molecule has 21 heavy (non-hydrogen) atoms. The van der Waals surface area contributed by atoms with Gasteiger partial charge in [0.1, 0.15) is 11.6 Å². The topological polar surface area (TPSA) is 49.3 Å². The second kappa shape index (κ2) is 6.95. The van der Waals surface area contributed by atoms with Gasteiger partial charge in [-0.1, -0.05) is 18.2 Å². The lowest BCUT2D eigenvalue weighted by atomic mass is 10.1. The first kappa shape index (κ1) is 15.1.